The number of nitrogens with one attached hydrogen (secondary N) is 2. The summed E-state index contributed by atoms with van der Waals surface area (Å²) in [5.74, 6) is 0.879. The number of hydrogen-bond donors (Lipinski definition) is 2. The molecule has 126 valence electrons. The summed E-state index contributed by atoms with van der Waals surface area (Å²) in [4.78, 5) is 18.6. The van der Waals surface area contributed by atoms with Crippen molar-refractivity contribution in [1.29, 1.82) is 0 Å². The van der Waals surface area contributed by atoms with Crippen molar-refractivity contribution >= 4 is 33.5 Å². The van der Waals surface area contributed by atoms with Crippen molar-refractivity contribution in [3.8, 4) is 0 Å². The minimum atomic E-state index is -0.00275. The molecule has 1 aromatic rings. The summed E-state index contributed by atoms with van der Waals surface area (Å²) in [6, 6.07) is 7.57. The maximum atomic E-state index is 12.0. The Morgan fingerprint density at radius 2 is 2.04 bits per heavy atom. The molecule has 0 radical (unpaired) electrons. The smallest absolute Gasteiger partial charge is 0.226 e. The summed E-state index contributed by atoms with van der Waals surface area (Å²) in [6.45, 7) is 7.12. The molecule has 0 spiro atoms. The van der Waals surface area contributed by atoms with E-state index >= 15 is 0 Å². The Balaban J connectivity index is 1.75. The number of guanidine groups is 1. The van der Waals surface area contributed by atoms with Gasteiger partial charge in [-0.3, -0.25) is 9.79 Å². The largest absolute Gasteiger partial charge is 0.356 e. The van der Waals surface area contributed by atoms with E-state index < -0.39 is 0 Å². The van der Waals surface area contributed by atoms with Crippen LogP contribution in [-0.4, -0.2) is 43.4 Å². The van der Waals surface area contributed by atoms with Gasteiger partial charge in [0.25, 0.3) is 0 Å². The molecule has 1 aromatic carbocycles. The van der Waals surface area contributed by atoms with E-state index in [1.165, 1.54) is 0 Å². The van der Waals surface area contributed by atoms with Crippen LogP contribution in [0.1, 0.15) is 26.7 Å². The number of anilines is 1. The Bertz CT molecular complexity index is 568. The van der Waals surface area contributed by atoms with E-state index in [9.17, 15) is 4.79 Å². The predicted molar refractivity (Wildman–Crippen MR) is 98.7 cm³/mol. The monoisotopic (exact) mass is 380 g/mol. The van der Waals surface area contributed by atoms with Crippen LogP contribution in [0.4, 0.5) is 5.69 Å². The second kappa shape index (κ2) is 7.81. The Kier molecular flexibility index (Phi) is 6.04. The third-order valence-corrected chi connectivity index (χ3v) is 4.48. The predicted octanol–water partition coefficient (Wildman–Crippen LogP) is 3.09. The van der Waals surface area contributed by atoms with Crippen LogP contribution < -0.4 is 10.6 Å². The van der Waals surface area contributed by atoms with E-state index in [4.69, 9.17) is 0 Å². The van der Waals surface area contributed by atoms with Crippen LogP contribution in [0.15, 0.2) is 33.7 Å². The lowest BCUT2D eigenvalue weighted by atomic mass is 9.93. The van der Waals surface area contributed by atoms with Crippen molar-refractivity contribution in [2.45, 2.75) is 26.7 Å². The first-order valence-electron chi connectivity index (χ1n) is 7.91. The fourth-order valence-corrected chi connectivity index (χ4v) is 2.93. The Morgan fingerprint density at radius 1 is 1.35 bits per heavy atom. The van der Waals surface area contributed by atoms with Crippen LogP contribution in [0.3, 0.4) is 0 Å². The molecule has 0 unspecified atom stereocenters. The molecule has 0 aliphatic carbocycles. The van der Waals surface area contributed by atoms with Gasteiger partial charge in [-0.15, -0.1) is 0 Å². The highest BCUT2D eigenvalue weighted by atomic mass is 79.9. The number of halogens is 1. The van der Waals surface area contributed by atoms with Crippen LogP contribution in [-0.2, 0) is 4.79 Å². The lowest BCUT2D eigenvalue weighted by Crippen LogP contribution is -2.41. The van der Waals surface area contributed by atoms with Gasteiger partial charge >= 0.3 is 0 Å². The zero-order chi connectivity index (χ0) is 16.9. The number of benzene rings is 1. The highest BCUT2D eigenvalue weighted by Crippen LogP contribution is 2.28. The maximum absolute atomic E-state index is 12.0. The molecular weight excluding hydrogens is 356 g/mol. The molecule has 1 fully saturated rings. The average molecular weight is 381 g/mol. The standard InChI is InChI=1S/C17H25BrN4O/c1-17(2)9-11-22(12-17)16(19-3)20-10-8-15(23)21-14-6-4-13(18)5-7-14/h4-7H,8-12H2,1-3H3,(H,19,20)(H,21,23). The Labute approximate surface area is 146 Å². The van der Waals surface area contributed by atoms with Crippen LogP contribution in [0.5, 0.6) is 0 Å². The van der Waals surface area contributed by atoms with Gasteiger partial charge in [0.15, 0.2) is 5.96 Å². The minimum Gasteiger partial charge on any atom is -0.356 e. The number of aliphatic imine (C=N–C) groups is 1. The van der Waals surface area contributed by atoms with Gasteiger partial charge in [-0.05, 0) is 36.1 Å². The van der Waals surface area contributed by atoms with Crippen molar-refractivity contribution in [2.75, 3.05) is 32.0 Å². The van der Waals surface area contributed by atoms with E-state index in [1.54, 1.807) is 7.05 Å². The molecule has 0 aromatic heterocycles. The molecule has 0 atom stereocenters. The van der Waals surface area contributed by atoms with Crippen LogP contribution in [0.25, 0.3) is 0 Å². The van der Waals surface area contributed by atoms with Crippen molar-refractivity contribution in [3.63, 3.8) is 0 Å². The van der Waals surface area contributed by atoms with Crippen molar-refractivity contribution in [3.05, 3.63) is 28.7 Å². The summed E-state index contributed by atoms with van der Waals surface area (Å²) in [7, 11) is 1.79. The SMILES string of the molecule is CN=C(NCCC(=O)Nc1ccc(Br)cc1)N1CCC(C)(C)C1. The number of carbonyl (C=O) groups excluding carboxylic acids is 1. The summed E-state index contributed by atoms with van der Waals surface area (Å²) >= 11 is 3.38. The van der Waals surface area contributed by atoms with Gasteiger partial charge in [-0.1, -0.05) is 29.8 Å². The Hall–Kier alpha value is -1.56. The average Bonchev–Trinajstić information content (AvgIpc) is 2.86. The molecule has 23 heavy (non-hydrogen) atoms. The zero-order valence-corrected chi connectivity index (χ0v) is 15.6. The molecular formula is C17H25BrN4O. The van der Waals surface area contributed by atoms with Crippen molar-refractivity contribution in [2.24, 2.45) is 10.4 Å². The number of nitrogens with zero attached hydrogens (tertiary/aromatic N) is 2. The molecule has 1 saturated heterocycles. The highest BCUT2D eigenvalue weighted by Gasteiger charge is 2.30. The fraction of sp³-hybridized carbons (Fsp3) is 0.529. The maximum Gasteiger partial charge on any atom is 0.226 e. The van der Waals surface area contributed by atoms with E-state index in [1.807, 2.05) is 24.3 Å². The quantitative estimate of drug-likeness (QED) is 0.623. The molecule has 2 rings (SSSR count). The Morgan fingerprint density at radius 3 is 2.61 bits per heavy atom. The molecule has 6 heteroatoms. The van der Waals surface area contributed by atoms with Crippen LogP contribution in [0, 0.1) is 5.41 Å². The second-order valence-electron chi connectivity index (χ2n) is 6.61. The molecule has 1 amide bonds. The summed E-state index contributed by atoms with van der Waals surface area (Å²) in [5.41, 5.74) is 1.14. The van der Waals surface area contributed by atoms with Gasteiger partial charge in [0, 0.05) is 43.3 Å². The number of hydrogen-bond acceptors (Lipinski definition) is 2. The molecule has 0 saturated carbocycles. The first-order valence-corrected chi connectivity index (χ1v) is 8.70. The molecule has 0 bridgehead atoms. The van der Waals surface area contributed by atoms with Crippen LogP contribution >= 0.6 is 15.9 Å². The second-order valence-corrected chi connectivity index (χ2v) is 7.53. The van der Waals surface area contributed by atoms with Gasteiger partial charge < -0.3 is 15.5 Å². The third kappa shape index (κ3) is 5.53. The van der Waals surface area contributed by atoms with Gasteiger partial charge in [0.05, 0.1) is 0 Å². The van der Waals surface area contributed by atoms with E-state index in [0.717, 1.165) is 35.6 Å². The van der Waals surface area contributed by atoms with Gasteiger partial charge in [0.1, 0.15) is 0 Å². The van der Waals surface area contributed by atoms with Gasteiger partial charge in [-0.25, -0.2) is 0 Å². The summed E-state index contributed by atoms with van der Waals surface area (Å²) < 4.78 is 0.995. The zero-order valence-electron chi connectivity index (χ0n) is 14.0. The van der Waals surface area contributed by atoms with Crippen molar-refractivity contribution < 1.29 is 4.79 Å². The molecule has 5 nitrogen and oxygen atoms in total. The summed E-state index contributed by atoms with van der Waals surface area (Å²) in [5, 5.41) is 6.17. The van der Waals surface area contributed by atoms with Gasteiger partial charge in [-0.2, -0.15) is 0 Å². The topological polar surface area (TPSA) is 56.7 Å². The number of rotatable bonds is 4. The first kappa shape index (κ1) is 17.8. The molecule has 1 heterocycles. The summed E-state index contributed by atoms with van der Waals surface area (Å²) in [6.07, 6.45) is 1.57. The minimum absolute atomic E-state index is 0.00275. The third-order valence-electron chi connectivity index (χ3n) is 3.95. The lowest BCUT2D eigenvalue weighted by Gasteiger charge is -2.23. The van der Waals surface area contributed by atoms with Crippen molar-refractivity contribution in [1.82, 2.24) is 10.2 Å². The first-order chi connectivity index (χ1) is 10.9. The van der Waals surface area contributed by atoms with Gasteiger partial charge in [0.2, 0.25) is 5.91 Å². The molecule has 2 N–H and O–H groups in total. The van der Waals surface area contributed by atoms with E-state index in [2.05, 4.69) is 50.3 Å². The fourth-order valence-electron chi connectivity index (χ4n) is 2.67. The number of likely N-dealkylation sites (tertiary alicyclic amines) is 1. The molecule has 1 aliphatic rings. The number of carbonyl (C=O) groups is 1. The normalized spacial score (nSPS) is 17.2. The lowest BCUT2D eigenvalue weighted by molar-refractivity contribution is -0.116. The van der Waals surface area contributed by atoms with E-state index in [-0.39, 0.29) is 5.91 Å². The highest BCUT2D eigenvalue weighted by molar-refractivity contribution is 9.10. The van der Waals surface area contributed by atoms with E-state index in [0.29, 0.717) is 18.4 Å². The number of amides is 1. The van der Waals surface area contributed by atoms with Crippen LogP contribution in [0.2, 0.25) is 0 Å². The molecule has 1 aliphatic heterocycles.